The van der Waals surface area contributed by atoms with E-state index < -0.39 is 0 Å². The van der Waals surface area contributed by atoms with E-state index in [1.165, 1.54) is 0 Å². The molecule has 2 rings (SSSR count). The zero-order valence-corrected chi connectivity index (χ0v) is 13.4. The predicted molar refractivity (Wildman–Crippen MR) is 83.5 cm³/mol. The van der Waals surface area contributed by atoms with Crippen LogP contribution >= 0.6 is 27.7 Å². The third-order valence-corrected chi connectivity index (χ3v) is 4.82. The molecule has 19 heavy (non-hydrogen) atoms. The summed E-state index contributed by atoms with van der Waals surface area (Å²) in [5.74, 6) is 0.139. The van der Waals surface area contributed by atoms with E-state index in [0.717, 1.165) is 35.3 Å². The molecule has 5 heteroatoms. The van der Waals surface area contributed by atoms with Crippen LogP contribution in [0, 0.1) is 0 Å². The Hall–Kier alpha value is -0.520. The summed E-state index contributed by atoms with van der Waals surface area (Å²) in [6.07, 6.45) is 2.06. The van der Waals surface area contributed by atoms with E-state index in [9.17, 15) is 4.79 Å². The van der Waals surface area contributed by atoms with Crippen molar-refractivity contribution < 1.29 is 4.79 Å². The molecule has 0 spiro atoms. The van der Waals surface area contributed by atoms with Gasteiger partial charge in [-0.05, 0) is 57.1 Å². The number of benzene rings is 1. The summed E-state index contributed by atoms with van der Waals surface area (Å²) < 4.78 is 1.06. The van der Waals surface area contributed by atoms with Gasteiger partial charge in [0, 0.05) is 15.4 Å². The van der Waals surface area contributed by atoms with Crippen molar-refractivity contribution in [2.24, 2.45) is 0 Å². The van der Waals surface area contributed by atoms with Gasteiger partial charge in [0.05, 0.1) is 5.25 Å². The maximum absolute atomic E-state index is 12.1. The topological polar surface area (TPSA) is 41.1 Å². The summed E-state index contributed by atoms with van der Waals surface area (Å²) in [6.45, 7) is 3.96. The lowest BCUT2D eigenvalue weighted by molar-refractivity contribution is -0.121. The maximum Gasteiger partial charge on any atom is 0.233 e. The molecule has 1 aromatic rings. The lowest BCUT2D eigenvalue weighted by Gasteiger charge is -2.25. The van der Waals surface area contributed by atoms with Crippen molar-refractivity contribution in [3.8, 4) is 0 Å². The molecule has 1 heterocycles. The van der Waals surface area contributed by atoms with Gasteiger partial charge in [0.25, 0.3) is 0 Å². The first kappa shape index (κ1) is 14.9. The molecule has 1 fully saturated rings. The molecular weight excluding hydrogens is 324 g/mol. The molecule has 104 valence electrons. The van der Waals surface area contributed by atoms with Crippen LogP contribution in [0.25, 0.3) is 0 Å². The van der Waals surface area contributed by atoms with Crippen molar-refractivity contribution in [1.82, 2.24) is 10.6 Å². The second-order valence-corrected chi connectivity index (χ2v) is 7.08. The van der Waals surface area contributed by atoms with Crippen LogP contribution in [-0.2, 0) is 4.79 Å². The van der Waals surface area contributed by atoms with E-state index in [1.807, 2.05) is 31.2 Å². The monoisotopic (exact) mass is 342 g/mol. The number of hydrogen-bond donors (Lipinski definition) is 2. The summed E-state index contributed by atoms with van der Waals surface area (Å²) in [5, 5.41) is 6.38. The number of carbonyl (C=O) groups excluding carboxylic acids is 1. The van der Waals surface area contributed by atoms with E-state index in [-0.39, 0.29) is 11.2 Å². The fourth-order valence-corrected chi connectivity index (χ4v) is 3.20. The molecule has 3 nitrogen and oxygen atoms in total. The van der Waals surface area contributed by atoms with Gasteiger partial charge in [-0.15, -0.1) is 11.8 Å². The predicted octanol–water partition coefficient (Wildman–Crippen LogP) is 2.80. The Kier molecular flexibility index (Phi) is 5.73. The van der Waals surface area contributed by atoms with Crippen molar-refractivity contribution in [2.45, 2.75) is 36.0 Å². The van der Waals surface area contributed by atoms with Crippen molar-refractivity contribution in [1.29, 1.82) is 0 Å². The number of nitrogens with one attached hydrogen (secondary N) is 2. The zero-order valence-electron chi connectivity index (χ0n) is 11.0. The number of halogens is 1. The van der Waals surface area contributed by atoms with Gasteiger partial charge in [0.1, 0.15) is 0 Å². The van der Waals surface area contributed by atoms with Crippen molar-refractivity contribution >= 4 is 33.6 Å². The third-order valence-electron chi connectivity index (χ3n) is 3.18. The van der Waals surface area contributed by atoms with Crippen molar-refractivity contribution in [3.63, 3.8) is 0 Å². The smallest absolute Gasteiger partial charge is 0.233 e. The summed E-state index contributed by atoms with van der Waals surface area (Å²) in [4.78, 5) is 13.2. The van der Waals surface area contributed by atoms with Crippen LogP contribution in [0.4, 0.5) is 0 Å². The standard InChI is InChI=1S/C14H19BrN2OS/c1-10(19-13-4-2-11(15)3-5-13)14(18)17-12-6-8-16-9-7-12/h2-5,10,12,16H,6-9H2,1H3,(H,17,18). The molecular formula is C14H19BrN2OS. The highest BCUT2D eigenvalue weighted by atomic mass is 79.9. The zero-order chi connectivity index (χ0) is 13.7. The van der Waals surface area contributed by atoms with Crippen LogP contribution in [0.5, 0.6) is 0 Å². The van der Waals surface area contributed by atoms with E-state index in [4.69, 9.17) is 0 Å². The van der Waals surface area contributed by atoms with Gasteiger partial charge in [-0.3, -0.25) is 4.79 Å². The van der Waals surface area contributed by atoms with E-state index in [2.05, 4.69) is 26.6 Å². The summed E-state index contributed by atoms with van der Waals surface area (Å²) in [5.41, 5.74) is 0. The molecule has 1 aliphatic rings. The molecule has 1 atom stereocenters. The van der Waals surface area contributed by atoms with Gasteiger partial charge in [-0.1, -0.05) is 15.9 Å². The second-order valence-electron chi connectivity index (χ2n) is 4.75. The number of rotatable bonds is 4. The molecule has 1 aromatic carbocycles. The Morgan fingerprint density at radius 2 is 2.00 bits per heavy atom. The van der Waals surface area contributed by atoms with E-state index in [1.54, 1.807) is 11.8 Å². The lowest BCUT2D eigenvalue weighted by atomic mass is 10.1. The first-order chi connectivity index (χ1) is 9.15. The van der Waals surface area contributed by atoms with Crippen LogP contribution in [0.2, 0.25) is 0 Å². The summed E-state index contributed by atoms with van der Waals surface area (Å²) in [7, 11) is 0. The fraction of sp³-hybridized carbons (Fsp3) is 0.500. The molecule has 0 bridgehead atoms. The SMILES string of the molecule is CC(Sc1ccc(Br)cc1)C(=O)NC1CCNCC1. The highest BCUT2D eigenvalue weighted by molar-refractivity contribution is 9.10. The van der Waals surface area contributed by atoms with E-state index in [0.29, 0.717) is 6.04 Å². The van der Waals surface area contributed by atoms with Crippen molar-refractivity contribution in [2.75, 3.05) is 13.1 Å². The first-order valence-corrected chi connectivity index (χ1v) is 8.26. The molecule has 1 saturated heterocycles. The van der Waals surface area contributed by atoms with Crippen molar-refractivity contribution in [3.05, 3.63) is 28.7 Å². The Balaban J connectivity index is 1.83. The normalized spacial score (nSPS) is 18.0. The van der Waals surface area contributed by atoms with Gasteiger partial charge in [0.2, 0.25) is 5.91 Å². The van der Waals surface area contributed by atoms with Gasteiger partial charge in [0.15, 0.2) is 0 Å². The Bertz CT molecular complexity index is 418. The molecule has 2 N–H and O–H groups in total. The molecule has 1 amide bonds. The molecule has 1 aliphatic heterocycles. The minimum atomic E-state index is -0.0592. The highest BCUT2D eigenvalue weighted by Crippen LogP contribution is 2.25. The Morgan fingerprint density at radius 1 is 1.37 bits per heavy atom. The van der Waals surface area contributed by atoms with Crippen LogP contribution < -0.4 is 10.6 Å². The highest BCUT2D eigenvalue weighted by Gasteiger charge is 2.19. The first-order valence-electron chi connectivity index (χ1n) is 6.58. The Morgan fingerprint density at radius 3 is 2.63 bits per heavy atom. The third kappa shape index (κ3) is 4.82. The minimum absolute atomic E-state index is 0.0592. The van der Waals surface area contributed by atoms with Gasteiger partial charge in [-0.25, -0.2) is 0 Å². The second kappa shape index (κ2) is 7.31. The van der Waals surface area contributed by atoms with Crippen LogP contribution in [0.3, 0.4) is 0 Å². The largest absolute Gasteiger partial charge is 0.352 e. The quantitative estimate of drug-likeness (QED) is 0.826. The number of carbonyl (C=O) groups is 1. The number of amides is 1. The van der Waals surface area contributed by atoms with Gasteiger partial charge >= 0.3 is 0 Å². The lowest BCUT2D eigenvalue weighted by Crippen LogP contribution is -2.45. The fourth-order valence-electron chi connectivity index (χ4n) is 2.06. The molecule has 0 radical (unpaired) electrons. The average molecular weight is 343 g/mol. The van der Waals surface area contributed by atoms with E-state index >= 15 is 0 Å². The van der Waals surface area contributed by atoms with Gasteiger partial charge in [-0.2, -0.15) is 0 Å². The number of hydrogen-bond acceptors (Lipinski definition) is 3. The van der Waals surface area contributed by atoms with Crippen LogP contribution in [0.1, 0.15) is 19.8 Å². The Labute approximate surface area is 127 Å². The summed E-state index contributed by atoms with van der Waals surface area (Å²) in [6, 6.07) is 8.40. The van der Waals surface area contributed by atoms with Gasteiger partial charge < -0.3 is 10.6 Å². The average Bonchev–Trinajstić information content (AvgIpc) is 2.42. The minimum Gasteiger partial charge on any atom is -0.352 e. The maximum atomic E-state index is 12.1. The van der Waals surface area contributed by atoms with Crippen LogP contribution in [-0.4, -0.2) is 30.3 Å². The number of piperidine rings is 1. The summed E-state index contributed by atoms with van der Waals surface area (Å²) >= 11 is 5.01. The molecule has 1 unspecified atom stereocenters. The molecule has 0 aliphatic carbocycles. The molecule has 0 saturated carbocycles. The molecule has 0 aromatic heterocycles. The number of thioether (sulfide) groups is 1. The van der Waals surface area contributed by atoms with Crippen LogP contribution in [0.15, 0.2) is 33.6 Å².